The van der Waals surface area contributed by atoms with Crippen LogP contribution in [0.25, 0.3) is 0 Å². The van der Waals surface area contributed by atoms with E-state index in [2.05, 4.69) is 20.9 Å². The van der Waals surface area contributed by atoms with Crippen molar-refractivity contribution in [3.8, 4) is 6.07 Å². The van der Waals surface area contributed by atoms with E-state index >= 15 is 0 Å². The maximum Gasteiger partial charge on any atom is 0.265 e. The molecular formula is C9H6BrF2IN2. The smallest absolute Gasteiger partial charge is 0.245 e. The van der Waals surface area contributed by atoms with Crippen molar-refractivity contribution >= 4 is 38.5 Å². The molecule has 1 heterocycles. The number of hydrogen-bond donors (Lipinski definition) is 0. The van der Waals surface area contributed by atoms with Crippen LogP contribution in [0.1, 0.15) is 23.2 Å². The number of aromatic nitrogens is 1. The van der Waals surface area contributed by atoms with Crippen molar-refractivity contribution in [2.45, 2.75) is 18.2 Å². The van der Waals surface area contributed by atoms with Gasteiger partial charge in [0, 0.05) is 10.9 Å². The van der Waals surface area contributed by atoms with Crippen LogP contribution in [0, 0.1) is 15.0 Å². The summed E-state index contributed by atoms with van der Waals surface area (Å²) >= 11 is 5.06. The maximum absolute atomic E-state index is 12.8. The second kappa shape index (κ2) is 5.70. The SMILES string of the molecule is N#CCc1cc(I)nc(CBr)c1C(F)F. The topological polar surface area (TPSA) is 36.7 Å². The van der Waals surface area contributed by atoms with Crippen molar-refractivity contribution in [2.75, 3.05) is 0 Å². The summed E-state index contributed by atoms with van der Waals surface area (Å²) in [7, 11) is 0. The number of nitriles is 1. The highest BCUT2D eigenvalue weighted by molar-refractivity contribution is 14.1. The average molecular weight is 387 g/mol. The van der Waals surface area contributed by atoms with E-state index in [1.165, 1.54) is 6.07 Å². The third-order valence-corrected chi connectivity index (χ3v) is 2.89. The van der Waals surface area contributed by atoms with Crippen molar-refractivity contribution in [1.82, 2.24) is 4.98 Å². The van der Waals surface area contributed by atoms with Gasteiger partial charge in [-0.05, 0) is 34.2 Å². The zero-order chi connectivity index (χ0) is 11.4. The lowest BCUT2D eigenvalue weighted by molar-refractivity contribution is 0.149. The third-order valence-electron chi connectivity index (χ3n) is 1.81. The van der Waals surface area contributed by atoms with Crippen LogP contribution in [0.5, 0.6) is 0 Å². The summed E-state index contributed by atoms with van der Waals surface area (Å²) in [5.41, 5.74) is 0.553. The lowest BCUT2D eigenvalue weighted by Crippen LogP contribution is -2.03. The van der Waals surface area contributed by atoms with Gasteiger partial charge in [-0.25, -0.2) is 13.8 Å². The van der Waals surface area contributed by atoms with Crippen molar-refractivity contribution in [1.29, 1.82) is 5.26 Å². The monoisotopic (exact) mass is 386 g/mol. The van der Waals surface area contributed by atoms with Crippen LogP contribution in [0.2, 0.25) is 0 Å². The molecule has 15 heavy (non-hydrogen) atoms. The van der Waals surface area contributed by atoms with Crippen LogP contribution in [-0.2, 0) is 11.8 Å². The molecule has 0 aliphatic heterocycles. The molecule has 0 bridgehead atoms. The van der Waals surface area contributed by atoms with Crippen LogP contribution in [0.4, 0.5) is 8.78 Å². The minimum Gasteiger partial charge on any atom is -0.245 e. The van der Waals surface area contributed by atoms with Gasteiger partial charge < -0.3 is 0 Å². The first-order chi connectivity index (χ1) is 7.10. The Labute approximate surface area is 108 Å². The van der Waals surface area contributed by atoms with Crippen molar-refractivity contribution in [3.05, 3.63) is 26.6 Å². The molecule has 0 saturated heterocycles. The number of alkyl halides is 3. The quantitative estimate of drug-likeness (QED) is 0.452. The van der Waals surface area contributed by atoms with E-state index in [4.69, 9.17) is 5.26 Å². The first-order valence-corrected chi connectivity index (χ1v) is 6.19. The Balaban J connectivity index is 3.34. The lowest BCUT2D eigenvalue weighted by Gasteiger charge is -2.10. The number of hydrogen-bond acceptors (Lipinski definition) is 2. The van der Waals surface area contributed by atoms with E-state index in [0.717, 1.165) is 0 Å². The molecule has 0 fully saturated rings. The molecule has 0 unspecified atom stereocenters. The predicted octanol–water partition coefficient (Wildman–Crippen LogP) is 3.58. The van der Waals surface area contributed by atoms with Gasteiger partial charge in [-0.2, -0.15) is 5.26 Å². The summed E-state index contributed by atoms with van der Waals surface area (Å²) in [4.78, 5) is 4.01. The van der Waals surface area contributed by atoms with Gasteiger partial charge in [0.15, 0.2) is 0 Å². The molecule has 6 heteroatoms. The Hall–Kier alpha value is -0.290. The fraction of sp³-hybridized carbons (Fsp3) is 0.333. The summed E-state index contributed by atoms with van der Waals surface area (Å²) in [6, 6.07) is 3.40. The Kier molecular flexibility index (Phi) is 4.86. The van der Waals surface area contributed by atoms with Crippen LogP contribution in [0.3, 0.4) is 0 Å². The number of pyridine rings is 1. The molecule has 0 radical (unpaired) electrons. The van der Waals surface area contributed by atoms with E-state index in [0.29, 0.717) is 15.0 Å². The van der Waals surface area contributed by atoms with E-state index in [1.807, 2.05) is 28.7 Å². The van der Waals surface area contributed by atoms with Gasteiger partial charge in [-0.1, -0.05) is 15.9 Å². The maximum atomic E-state index is 12.8. The highest BCUT2D eigenvalue weighted by Gasteiger charge is 2.19. The summed E-state index contributed by atoms with van der Waals surface area (Å²) in [6.07, 6.45) is -2.61. The third kappa shape index (κ3) is 3.08. The standard InChI is InChI=1S/C9H6BrF2IN2/c10-4-6-8(9(11)12)5(1-2-14)3-7(13)15-6/h3,9H,1,4H2. The molecule has 2 nitrogen and oxygen atoms in total. The average Bonchev–Trinajstić information content (AvgIpc) is 2.16. The molecule has 1 aromatic rings. The summed E-state index contributed by atoms with van der Waals surface area (Å²) in [6.45, 7) is 0. The van der Waals surface area contributed by atoms with Crippen molar-refractivity contribution in [2.24, 2.45) is 0 Å². The lowest BCUT2D eigenvalue weighted by atomic mass is 10.1. The van der Waals surface area contributed by atoms with Crippen LogP contribution in [-0.4, -0.2) is 4.98 Å². The summed E-state index contributed by atoms with van der Waals surface area (Å²) in [5.74, 6) is 0. The molecule has 0 saturated carbocycles. The Morgan fingerprint density at radius 1 is 1.60 bits per heavy atom. The van der Waals surface area contributed by atoms with Crippen LogP contribution in [0.15, 0.2) is 6.07 Å². The normalized spacial score (nSPS) is 10.4. The van der Waals surface area contributed by atoms with Crippen molar-refractivity contribution < 1.29 is 8.78 Å². The first-order valence-electron chi connectivity index (χ1n) is 3.99. The van der Waals surface area contributed by atoms with Crippen LogP contribution >= 0.6 is 38.5 Å². The highest BCUT2D eigenvalue weighted by atomic mass is 127. The van der Waals surface area contributed by atoms with Gasteiger partial charge in [-0.15, -0.1) is 0 Å². The van der Waals surface area contributed by atoms with Crippen molar-refractivity contribution in [3.63, 3.8) is 0 Å². The minimum atomic E-state index is -2.59. The van der Waals surface area contributed by atoms with Gasteiger partial charge in [0.1, 0.15) is 3.70 Å². The molecule has 0 atom stereocenters. The zero-order valence-electron chi connectivity index (χ0n) is 7.48. The zero-order valence-corrected chi connectivity index (χ0v) is 11.2. The molecule has 0 aliphatic carbocycles. The Morgan fingerprint density at radius 2 is 2.27 bits per heavy atom. The number of nitrogens with zero attached hydrogens (tertiary/aromatic N) is 2. The largest absolute Gasteiger partial charge is 0.265 e. The Morgan fingerprint density at radius 3 is 2.73 bits per heavy atom. The predicted molar refractivity (Wildman–Crippen MR) is 63.9 cm³/mol. The van der Waals surface area contributed by atoms with Crippen LogP contribution < -0.4 is 0 Å². The molecule has 1 rings (SSSR count). The van der Waals surface area contributed by atoms with Gasteiger partial charge in [0.25, 0.3) is 6.43 Å². The second-order valence-electron chi connectivity index (χ2n) is 2.73. The van der Waals surface area contributed by atoms with Gasteiger partial charge >= 0.3 is 0 Å². The minimum absolute atomic E-state index is 0.0157. The summed E-state index contributed by atoms with van der Waals surface area (Å²) in [5, 5.41) is 8.82. The highest BCUT2D eigenvalue weighted by Crippen LogP contribution is 2.28. The van der Waals surface area contributed by atoms with E-state index < -0.39 is 6.43 Å². The second-order valence-corrected chi connectivity index (χ2v) is 4.40. The molecule has 0 aromatic carbocycles. The molecule has 0 N–H and O–H groups in total. The number of rotatable bonds is 3. The number of halogens is 4. The van der Waals surface area contributed by atoms with E-state index in [1.54, 1.807) is 0 Å². The fourth-order valence-corrected chi connectivity index (χ4v) is 2.32. The molecular weight excluding hydrogens is 381 g/mol. The van der Waals surface area contributed by atoms with Gasteiger partial charge in [0.2, 0.25) is 0 Å². The Bertz CT molecular complexity index is 404. The van der Waals surface area contributed by atoms with Gasteiger partial charge in [-0.3, -0.25) is 0 Å². The van der Waals surface area contributed by atoms with E-state index in [9.17, 15) is 8.78 Å². The molecule has 0 aliphatic rings. The molecule has 1 aromatic heterocycles. The molecule has 0 amide bonds. The summed E-state index contributed by atoms with van der Waals surface area (Å²) < 4.78 is 26.1. The molecule has 0 spiro atoms. The van der Waals surface area contributed by atoms with E-state index in [-0.39, 0.29) is 17.3 Å². The fourth-order valence-electron chi connectivity index (χ4n) is 1.23. The van der Waals surface area contributed by atoms with Gasteiger partial charge in [0.05, 0.1) is 18.2 Å². The first kappa shape index (κ1) is 12.8. The molecule has 80 valence electrons.